The number of furan rings is 1. The molecule has 0 aliphatic carbocycles. The molecule has 0 bridgehead atoms. The predicted octanol–water partition coefficient (Wildman–Crippen LogP) is 2.06. The van der Waals surface area contributed by atoms with Gasteiger partial charge < -0.3 is 13.9 Å². The third-order valence-corrected chi connectivity index (χ3v) is 1.81. The van der Waals surface area contributed by atoms with E-state index in [0.717, 1.165) is 25.4 Å². The van der Waals surface area contributed by atoms with Crippen molar-refractivity contribution >= 4 is 6.08 Å². The summed E-state index contributed by atoms with van der Waals surface area (Å²) in [6.07, 6.45) is 6.13. The van der Waals surface area contributed by atoms with E-state index in [1.165, 1.54) is 0 Å². The van der Waals surface area contributed by atoms with Crippen LogP contribution >= 0.6 is 0 Å². The average molecular weight is 180 g/mol. The number of hydrogen-bond acceptors (Lipinski definition) is 3. The van der Waals surface area contributed by atoms with Gasteiger partial charge >= 0.3 is 0 Å². The maximum atomic E-state index is 5.33. The van der Waals surface area contributed by atoms with Crippen molar-refractivity contribution in [2.75, 3.05) is 13.2 Å². The highest BCUT2D eigenvalue weighted by atomic mass is 16.7. The van der Waals surface area contributed by atoms with E-state index in [0.29, 0.717) is 0 Å². The molecule has 1 aliphatic rings. The van der Waals surface area contributed by atoms with Gasteiger partial charge in [0.15, 0.2) is 6.29 Å². The maximum absolute atomic E-state index is 5.33. The zero-order chi connectivity index (χ0) is 8.93. The van der Waals surface area contributed by atoms with Crippen LogP contribution in [0, 0.1) is 0 Å². The Morgan fingerprint density at radius 3 is 2.85 bits per heavy atom. The van der Waals surface area contributed by atoms with Crippen molar-refractivity contribution in [2.45, 2.75) is 12.7 Å². The van der Waals surface area contributed by atoms with Crippen molar-refractivity contribution in [3.63, 3.8) is 0 Å². The third-order valence-electron chi connectivity index (χ3n) is 1.81. The Bertz CT molecular complexity index is 258. The van der Waals surface area contributed by atoms with E-state index in [4.69, 9.17) is 13.9 Å². The Morgan fingerprint density at radius 1 is 1.31 bits per heavy atom. The smallest absolute Gasteiger partial charge is 0.177 e. The summed E-state index contributed by atoms with van der Waals surface area (Å²) in [5.74, 6) is 0.817. The second kappa shape index (κ2) is 4.25. The van der Waals surface area contributed by atoms with E-state index in [-0.39, 0.29) is 6.29 Å². The molecule has 0 radical (unpaired) electrons. The van der Waals surface area contributed by atoms with Gasteiger partial charge in [0.2, 0.25) is 0 Å². The molecule has 0 atom stereocenters. The molecule has 3 nitrogen and oxygen atoms in total. The van der Waals surface area contributed by atoms with Gasteiger partial charge in [0, 0.05) is 0 Å². The van der Waals surface area contributed by atoms with Gasteiger partial charge in [-0.3, -0.25) is 0 Å². The lowest BCUT2D eigenvalue weighted by Crippen LogP contribution is -2.22. The van der Waals surface area contributed by atoms with Crippen LogP contribution in [-0.2, 0) is 9.47 Å². The monoisotopic (exact) mass is 180 g/mol. The highest BCUT2D eigenvalue weighted by Gasteiger charge is 2.09. The predicted molar refractivity (Wildman–Crippen MR) is 48.1 cm³/mol. The molecule has 0 unspecified atom stereocenters. The summed E-state index contributed by atoms with van der Waals surface area (Å²) in [6.45, 7) is 1.54. The SMILES string of the molecule is C(=CC1OCCCO1)c1ccco1. The molecule has 13 heavy (non-hydrogen) atoms. The second-order valence-corrected chi connectivity index (χ2v) is 2.84. The molecule has 1 aliphatic heterocycles. The van der Waals surface area contributed by atoms with Crippen LogP contribution in [0.25, 0.3) is 6.08 Å². The molecule has 70 valence electrons. The summed E-state index contributed by atoms with van der Waals surface area (Å²) in [4.78, 5) is 0. The number of rotatable bonds is 2. The van der Waals surface area contributed by atoms with Crippen LogP contribution in [0.3, 0.4) is 0 Å². The van der Waals surface area contributed by atoms with Gasteiger partial charge in [0.05, 0.1) is 19.5 Å². The van der Waals surface area contributed by atoms with Crippen LogP contribution < -0.4 is 0 Å². The Morgan fingerprint density at radius 2 is 2.15 bits per heavy atom. The standard InChI is InChI=1S/C10H12O3/c1-3-9(11-6-1)4-5-10-12-7-2-8-13-10/h1,3-6,10H,2,7-8H2. The first kappa shape index (κ1) is 8.53. The Kier molecular flexibility index (Phi) is 2.79. The summed E-state index contributed by atoms with van der Waals surface area (Å²) in [7, 11) is 0. The Hall–Kier alpha value is -1.06. The summed E-state index contributed by atoms with van der Waals surface area (Å²) in [5.41, 5.74) is 0. The molecule has 0 saturated carbocycles. The highest BCUT2D eigenvalue weighted by Crippen LogP contribution is 2.09. The van der Waals surface area contributed by atoms with E-state index in [1.807, 2.05) is 24.3 Å². The molecule has 1 aromatic heterocycles. The molecule has 1 fully saturated rings. The minimum absolute atomic E-state index is 0.209. The topological polar surface area (TPSA) is 31.6 Å². The first-order valence-corrected chi connectivity index (χ1v) is 4.40. The fraction of sp³-hybridized carbons (Fsp3) is 0.400. The molecular formula is C10H12O3. The molecule has 0 amide bonds. The molecule has 1 aromatic rings. The van der Waals surface area contributed by atoms with Gasteiger partial charge in [-0.25, -0.2) is 0 Å². The lowest BCUT2D eigenvalue weighted by atomic mass is 10.3. The third kappa shape index (κ3) is 2.44. The van der Waals surface area contributed by atoms with Gasteiger partial charge in [0.1, 0.15) is 5.76 Å². The van der Waals surface area contributed by atoms with Gasteiger partial charge in [-0.15, -0.1) is 0 Å². The first-order valence-electron chi connectivity index (χ1n) is 4.40. The van der Waals surface area contributed by atoms with Gasteiger partial charge in [-0.2, -0.15) is 0 Å². The molecule has 0 aromatic carbocycles. The van der Waals surface area contributed by atoms with Crippen molar-refractivity contribution < 1.29 is 13.9 Å². The zero-order valence-electron chi connectivity index (χ0n) is 7.31. The van der Waals surface area contributed by atoms with E-state index in [9.17, 15) is 0 Å². The van der Waals surface area contributed by atoms with Crippen LogP contribution in [0.1, 0.15) is 12.2 Å². The second-order valence-electron chi connectivity index (χ2n) is 2.84. The summed E-state index contributed by atoms with van der Waals surface area (Å²) in [5, 5.41) is 0. The van der Waals surface area contributed by atoms with Gasteiger partial charge in [-0.1, -0.05) is 0 Å². The Balaban J connectivity index is 1.89. The summed E-state index contributed by atoms with van der Waals surface area (Å²) >= 11 is 0. The maximum Gasteiger partial charge on any atom is 0.177 e. The van der Waals surface area contributed by atoms with E-state index in [1.54, 1.807) is 6.26 Å². The lowest BCUT2D eigenvalue weighted by Gasteiger charge is -2.19. The molecule has 1 saturated heterocycles. The quantitative estimate of drug-likeness (QED) is 0.698. The van der Waals surface area contributed by atoms with Crippen molar-refractivity contribution in [3.05, 3.63) is 30.2 Å². The molecule has 3 heteroatoms. The van der Waals surface area contributed by atoms with Crippen molar-refractivity contribution in [1.82, 2.24) is 0 Å². The lowest BCUT2D eigenvalue weighted by molar-refractivity contribution is -0.149. The zero-order valence-corrected chi connectivity index (χ0v) is 7.31. The average Bonchev–Trinajstić information content (AvgIpc) is 2.69. The van der Waals surface area contributed by atoms with Crippen LogP contribution in [0.5, 0.6) is 0 Å². The molecular weight excluding hydrogens is 168 g/mol. The molecule has 2 heterocycles. The largest absolute Gasteiger partial charge is 0.465 e. The number of ether oxygens (including phenoxy) is 2. The fourth-order valence-corrected chi connectivity index (χ4v) is 1.18. The van der Waals surface area contributed by atoms with Crippen molar-refractivity contribution in [1.29, 1.82) is 0 Å². The van der Waals surface area contributed by atoms with Crippen LogP contribution in [-0.4, -0.2) is 19.5 Å². The number of hydrogen-bond donors (Lipinski definition) is 0. The molecule has 0 spiro atoms. The van der Waals surface area contributed by atoms with E-state index >= 15 is 0 Å². The molecule has 2 rings (SSSR count). The molecule has 0 N–H and O–H groups in total. The highest BCUT2D eigenvalue weighted by molar-refractivity contribution is 5.42. The van der Waals surface area contributed by atoms with Crippen LogP contribution in [0.15, 0.2) is 28.9 Å². The fourth-order valence-electron chi connectivity index (χ4n) is 1.18. The van der Waals surface area contributed by atoms with Crippen molar-refractivity contribution in [3.8, 4) is 0 Å². The normalized spacial score (nSPS) is 19.7. The van der Waals surface area contributed by atoms with Crippen molar-refractivity contribution in [2.24, 2.45) is 0 Å². The summed E-state index contributed by atoms with van der Waals surface area (Å²) < 4.78 is 15.8. The van der Waals surface area contributed by atoms with E-state index in [2.05, 4.69) is 0 Å². The van der Waals surface area contributed by atoms with E-state index < -0.39 is 0 Å². The minimum atomic E-state index is -0.209. The van der Waals surface area contributed by atoms with Crippen LogP contribution in [0.4, 0.5) is 0 Å². The van der Waals surface area contributed by atoms with Crippen LogP contribution in [0.2, 0.25) is 0 Å². The first-order chi connectivity index (χ1) is 6.45. The van der Waals surface area contributed by atoms with Gasteiger partial charge in [-0.05, 0) is 30.7 Å². The van der Waals surface area contributed by atoms with Gasteiger partial charge in [0.25, 0.3) is 0 Å². The Labute approximate surface area is 76.9 Å². The minimum Gasteiger partial charge on any atom is -0.465 e. The summed E-state index contributed by atoms with van der Waals surface area (Å²) in [6, 6.07) is 3.74.